The van der Waals surface area contributed by atoms with Gasteiger partial charge in [-0.05, 0) is 41.1 Å². The Labute approximate surface area is 209 Å². The van der Waals surface area contributed by atoms with Gasteiger partial charge in [0.25, 0.3) is 0 Å². The predicted molar refractivity (Wildman–Crippen MR) is 115 cm³/mol. The molecule has 0 unspecified atom stereocenters. The molecule has 34 heavy (non-hydrogen) atoms. The first kappa shape index (κ1) is 26.8. The second-order valence-electron chi connectivity index (χ2n) is 6.63. The van der Waals surface area contributed by atoms with Gasteiger partial charge >= 0.3 is 24.0 Å². The van der Waals surface area contributed by atoms with Crippen LogP contribution in [-0.2, 0) is 10.4 Å². The van der Waals surface area contributed by atoms with Crippen molar-refractivity contribution in [1.82, 2.24) is 9.78 Å². The molecule has 184 valence electrons. The summed E-state index contributed by atoms with van der Waals surface area (Å²) in [5.74, 6) is -0.574. The molecule has 0 aliphatic rings. The van der Waals surface area contributed by atoms with Crippen molar-refractivity contribution in [2.45, 2.75) is 24.9 Å². The largest absolute Gasteiger partial charge is 0.462 e. The third-order valence-corrected chi connectivity index (χ3v) is 6.94. The maximum Gasteiger partial charge on any atom is 0.435 e. The fraction of sp³-hybridized carbons (Fsp3) is 0.263. The first-order valence-electron chi connectivity index (χ1n) is 8.95. The van der Waals surface area contributed by atoms with Gasteiger partial charge in [-0.1, -0.05) is 23.2 Å². The van der Waals surface area contributed by atoms with E-state index in [0.717, 1.165) is 16.0 Å². The number of esters is 1. The van der Waals surface area contributed by atoms with Gasteiger partial charge in [0.2, 0.25) is 0 Å². The maximum atomic E-state index is 14.4. The average molecular weight is 614 g/mol. The number of thiophene rings is 1. The number of ether oxygens (including phenoxy) is 1. The lowest BCUT2D eigenvalue weighted by molar-refractivity contribution is -0.348. The first-order valence-corrected chi connectivity index (χ1v) is 11.3. The highest BCUT2D eigenvalue weighted by Crippen LogP contribution is 2.54. The van der Waals surface area contributed by atoms with Crippen LogP contribution in [0.3, 0.4) is 0 Å². The Morgan fingerprint density at radius 3 is 2.15 bits per heavy atom. The molecule has 2 heterocycles. The van der Waals surface area contributed by atoms with Crippen molar-refractivity contribution >= 4 is 56.4 Å². The molecule has 0 fully saturated rings. The van der Waals surface area contributed by atoms with Gasteiger partial charge in [-0.2, -0.15) is 31.4 Å². The van der Waals surface area contributed by atoms with E-state index in [4.69, 9.17) is 27.9 Å². The quantitative estimate of drug-likeness (QED) is 0.216. The van der Waals surface area contributed by atoms with Gasteiger partial charge in [-0.15, -0.1) is 11.3 Å². The molecule has 0 bridgehead atoms. The van der Waals surface area contributed by atoms with Crippen molar-refractivity contribution in [2.24, 2.45) is 0 Å². The number of halogens is 10. The Hall–Kier alpha value is -1.83. The molecule has 15 heteroatoms. The fourth-order valence-corrected chi connectivity index (χ4v) is 5.21. The monoisotopic (exact) mass is 612 g/mol. The molecule has 4 nitrogen and oxygen atoms in total. The Bertz CT molecular complexity index is 1200. The van der Waals surface area contributed by atoms with Crippen molar-refractivity contribution in [3.8, 4) is 16.1 Å². The third-order valence-electron chi connectivity index (χ3n) is 4.47. The highest BCUT2D eigenvalue weighted by atomic mass is 79.9. The second-order valence-corrected chi connectivity index (χ2v) is 9.82. The molecule has 0 spiro atoms. The summed E-state index contributed by atoms with van der Waals surface area (Å²) in [5.41, 5.74) is -7.11. The predicted octanol–water partition coefficient (Wildman–Crippen LogP) is 8.14. The van der Waals surface area contributed by atoms with Crippen molar-refractivity contribution in [2.75, 3.05) is 6.61 Å². The van der Waals surface area contributed by atoms with Crippen LogP contribution >= 0.6 is 50.5 Å². The highest BCUT2D eigenvalue weighted by molar-refractivity contribution is 9.11. The van der Waals surface area contributed by atoms with E-state index in [1.54, 1.807) is 6.92 Å². The zero-order chi connectivity index (χ0) is 25.6. The van der Waals surface area contributed by atoms with Gasteiger partial charge in [0.15, 0.2) is 0 Å². The number of nitrogens with zero attached hydrogens (tertiary/aromatic N) is 2. The Balaban J connectivity index is 2.04. The molecular formula is C19H10BrCl2F7N2O2S. The summed E-state index contributed by atoms with van der Waals surface area (Å²) < 4.78 is 99.2. The van der Waals surface area contributed by atoms with Crippen LogP contribution in [-0.4, -0.2) is 34.7 Å². The van der Waals surface area contributed by atoms with Crippen LogP contribution in [0.2, 0.25) is 10.0 Å². The number of carbonyl (C=O) groups excluding carboxylic acids is 1. The lowest BCUT2D eigenvalue weighted by atomic mass is 9.94. The standard InChI is InChI=1S/C19H10BrCl2F7N2O2S/c1-2-33-16(32)10-5-13(34-15(10)20)8-6-30-31(7-8)14-11(21)3-9(4-12(14)22)17(23,18(24,25)26)19(27,28)29/h3-7H,2H2,1H3. The number of hydrogen-bond donors (Lipinski definition) is 0. The van der Waals surface area contributed by atoms with Crippen LogP contribution in [0, 0.1) is 0 Å². The molecule has 3 aromatic rings. The number of carbonyl (C=O) groups is 1. The summed E-state index contributed by atoms with van der Waals surface area (Å²) in [7, 11) is 0. The van der Waals surface area contributed by atoms with Crippen molar-refractivity contribution in [3.05, 3.63) is 55.6 Å². The molecule has 0 saturated heterocycles. The van der Waals surface area contributed by atoms with Crippen molar-refractivity contribution in [1.29, 1.82) is 0 Å². The Morgan fingerprint density at radius 1 is 1.09 bits per heavy atom. The SMILES string of the molecule is CCOC(=O)c1cc(-c2cnn(-c3c(Cl)cc(C(F)(C(F)(F)F)C(F)(F)F)cc3Cl)c2)sc1Br. The molecule has 0 atom stereocenters. The van der Waals surface area contributed by atoms with Gasteiger partial charge in [0.05, 0.1) is 32.2 Å². The minimum Gasteiger partial charge on any atom is -0.462 e. The summed E-state index contributed by atoms with van der Waals surface area (Å²) in [5, 5.41) is 2.58. The number of benzene rings is 1. The Morgan fingerprint density at radius 2 is 1.65 bits per heavy atom. The topological polar surface area (TPSA) is 44.1 Å². The normalized spacial score (nSPS) is 12.8. The van der Waals surface area contributed by atoms with Crippen LogP contribution in [0.5, 0.6) is 0 Å². The summed E-state index contributed by atoms with van der Waals surface area (Å²) in [6.07, 6.45) is -10.0. The average Bonchev–Trinajstić information content (AvgIpc) is 3.32. The third kappa shape index (κ3) is 4.67. The van der Waals surface area contributed by atoms with Gasteiger partial charge in [0, 0.05) is 22.2 Å². The summed E-state index contributed by atoms with van der Waals surface area (Å²) in [6, 6.07) is 1.90. The van der Waals surface area contributed by atoms with Crippen LogP contribution in [0.15, 0.2) is 34.4 Å². The van der Waals surface area contributed by atoms with Gasteiger partial charge < -0.3 is 4.74 Å². The zero-order valence-corrected chi connectivity index (χ0v) is 20.4. The van der Waals surface area contributed by atoms with E-state index in [1.165, 1.54) is 18.5 Å². The van der Waals surface area contributed by atoms with E-state index in [2.05, 4.69) is 21.0 Å². The lowest BCUT2D eigenvalue weighted by Crippen LogP contribution is -2.50. The summed E-state index contributed by atoms with van der Waals surface area (Å²) >= 11 is 16.2. The fourth-order valence-electron chi connectivity index (χ4n) is 2.90. The van der Waals surface area contributed by atoms with E-state index in [9.17, 15) is 35.5 Å². The summed E-state index contributed by atoms with van der Waals surface area (Å²) in [6.45, 7) is 1.79. The molecule has 0 saturated carbocycles. The van der Waals surface area contributed by atoms with Crippen molar-refractivity contribution in [3.63, 3.8) is 0 Å². The minimum atomic E-state index is -6.32. The molecule has 0 amide bonds. The van der Waals surface area contributed by atoms with Crippen molar-refractivity contribution < 1.29 is 40.3 Å². The summed E-state index contributed by atoms with van der Waals surface area (Å²) in [4.78, 5) is 12.5. The first-order chi connectivity index (χ1) is 15.6. The lowest BCUT2D eigenvalue weighted by Gasteiger charge is -2.30. The van der Waals surface area contributed by atoms with Crippen LogP contribution < -0.4 is 0 Å². The second kappa shape index (κ2) is 9.32. The molecule has 3 rings (SSSR count). The molecule has 2 aromatic heterocycles. The molecule has 0 radical (unpaired) electrons. The molecular weight excluding hydrogens is 604 g/mol. The van der Waals surface area contributed by atoms with Crippen LogP contribution in [0.25, 0.3) is 16.1 Å². The van der Waals surface area contributed by atoms with E-state index in [-0.39, 0.29) is 30.0 Å². The van der Waals surface area contributed by atoms with Gasteiger partial charge in [-0.3, -0.25) is 0 Å². The minimum absolute atomic E-state index is 0.157. The van der Waals surface area contributed by atoms with Crippen LogP contribution in [0.1, 0.15) is 22.8 Å². The van der Waals surface area contributed by atoms with Crippen LogP contribution in [0.4, 0.5) is 30.7 Å². The van der Waals surface area contributed by atoms with E-state index in [0.29, 0.717) is 14.2 Å². The van der Waals surface area contributed by atoms with E-state index < -0.39 is 39.6 Å². The number of hydrogen-bond acceptors (Lipinski definition) is 4. The number of aromatic nitrogens is 2. The number of rotatable bonds is 5. The number of alkyl halides is 7. The van der Waals surface area contributed by atoms with Gasteiger partial charge in [0.1, 0.15) is 5.69 Å². The molecule has 0 aliphatic carbocycles. The smallest absolute Gasteiger partial charge is 0.435 e. The molecule has 0 N–H and O–H groups in total. The van der Waals surface area contributed by atoms with Gasteiger partial charge in [-0.25, -0.2) is 13.9 Å². The molecule has 0 aliphatic heterocycles. The van der Waals surface area contributed by atoms with E-state index in [1.807, 2.05) is 0 Å². The van der Waals surface area contributed by atoms with E-state index >= 15 is 0 Å². The Kier molecular flexibility index (Phi) is 7.34. The molecule has 1 aromatic carbocycles. The maximum absolute atomic E-state index is 14.4. The highest BCUT2D eigenvalue weighted by Gasteiger charge is 2.73. The zero-order valence-electron chi connectivity index (χ0n) is 16.5.